The van der Waals surface area contributed by atoms with Gasteiger partial charge in [0.15, 0.2) is 0 Å². The van der Waals surface area contributed by atoms with Gasteiger partial charge in [-0.05, 0) is 37.0 Å². The summed E-state index contributed by atoms with van der Waals surface area (Å²) in [5.41, 5.74) is 7.60. The number of hydrogen-bond acceptors (Lipinski definition) is 3. The first-order valence-electron chi connectivity index (χ1n) is 6.57. The van der Waals surface area contributed by atoms with Gasteiger partial charge in [-0.25, -0.2) is 0 Å². The summed E-state index contributed by atoms with van der Waals surface area (Å²) in [6.45, 7) is 0.871. The Kier molecular flexibility index (Phi) is 3.20. The van der Waals surface area contributed by atoms with Crippen molar-refractivity contribution >= 4 is 29.0 Å². The molecule has 1 aromatic carbocycles. The summed E-state index contributed by atoms with van der Waals surface area (Å²) in [5.74, 6) is 1.46. The second kappa shape index (κ2) is 4.84. The van der Waals surface area contributed by atoms with Crippen molar-refractivity contribution in [1.82, 2.24) is 0 Å². The molecule has 2 aliphatic rings. The number of nitrogens with zero attached hydrogens (tertiary/aromatic N) is 1. The lowest BCUT2D eigenvalue weighted by molar-refractivity contribution is -0.116. The molecule has 18 heavy (non-hydrogen) atoms. The number of amides is 1. The highest BCUT2D eigenvalue weighted by atomic mass is 32.2. The maximum atomic E-state index is 12.1. The minimum atomic E-state index is 0.227. The molecule has 0 radical (unpaired) electrons. The molecule has 1 heterocycles. The maximum Gasteiger partial charge on any atom is 0.237 e. The number of carbonyl (C=O) groups excluding carboxylic acids is 1. The molecule has 3 nitrogen and oxygen atoms in total. The topological polar surface area (TPSA) is 46.3 Å². The van der Waals surface area contributed by atoms with E-state index in [1.807, 2.05) is 23.1 Å². The van der Waals surface area contributed by atoms with Gasteiger partial charge in [0.1, 0.15) is 0 Å². The van der Waals surface area contributed by atoms with Gasteiger partial charge >= 0.3 is 0 Å². The van der Waals surface area contributed by atoms with Crippen LogP contribution in [-0.4, -0.2) is 18.2 Å². The van der Waals surface area contributed by atoms with E-state index < -0.39 is 0 Å². The SMILES string of the molecule is Nc1ccc2c(c1)N(CC1CCCC1)C(=O)CS2. The minimum Gasteiger partial charge on any atom is -0.399 e. The van der Waals surface area contributed by atoms with E-state index >= 15 is 0 Å². The molecule has 4 heteroatoms. The summed E-state index contributed by atoms with van der Waals surface area (Å²) < 4.78 is 0. The summed E-state index contributed by atoms with van der Waals surface area (Å²) in [5, 5.41) is 0. The van der Waals surface area contributed by atoms with Crippen LogP contribution >= 0.6 is 11.8 Å². The molecule has 1 fully saturated rings. The van der Waals surface area contributed by atoms with Crippen molar-refractivity contribution in [1.29, 1.82) is 0 Å². The van der Waals surface area contributed by atoms with Crippen LogP contribution in [0.3, 0.4) is 0 Å². The molecule has 0 unspecified atom stereocenters. The molecule has 96 valence electrons. The summed E-state index contributed by atoms with van der Waals surface area (Å²) in [7, 11) is 0. The number of anilines is 2. The second-order valence-corrected chi connectivity index (χ2v) is 6.19. The third-order valence-electron chi connectivity index (χ3n) is 3.84. The molecule has 0 bridgehead atoms. The highest BCUT2D eigenvalue weighted by molar-refractivity contribution is 8.00. The van der Waals surface area contributed by atoms with Crippen molar-refractivity contribution in [2.24, 2.45) is 5.92 Å². The highest BCUT2D eigenvalue weighted by Crippen LogP contribution is 2.38. The van der Waals surface area contributed by atoms with Crippen LogP contribution in [-0.2, 0) is 4.79 Å². The molecule has 0 aromatic heterocycles. The Labute approximate surface area is 112 Å². The smallest absolute Gasteiger partial charge is 0.237 e. The number of fused-ring (bicyclic) bond motifs is 1. The standard InChI is InChI=1S/C14H18N2OS/c15-11-5-6-13-12(7-11)16(14(17)9-18-13)8-10-3-1-2-4-10/h5-7,10H,1-4,8-9,15H2. The number of nitrogen functional groups attached to an aromatic ring is 1. The van der Waals surface area contributed by atoms with Crippen molar-refractivity contribution < 1.29 is 4.79 Å². The summed E-state index contributed by atoms with van der Waals surface area (Å²) in [6.07, 6.45) is 5.14. The first kappa shape index (κ1) is 11.9. The van der Waals surface area contributed by atoms with E-state index in [4.69, 9.17) is 5.73 Å². The normalized spacial score (nSPS) is 20.2. The molecular weight excluding hydrogens is 244 g/mol. The maximum absolute atomic E-state index is 12.1. The monoisotopic (exact) mass is 262 g/mol. The molecule has 0 spiro atoms. The molecular formula is C14H18N2OS. The van der Waals surface area contributed by atoms with Crippen LogP contribution in [0.4, 0.5) is 11.4 Å². The third-order valence-corrected chi connectivity index (χ3v) is 4.89. The molecule has 1 amide bonds. The Morgan fingerprint density at radius 2 is 2.11 bits per heavy atom. The average molecular weight is 262 g/mol. The number of rotatable bonds is 2. The predicted molar refractivity (Wildman–Crippen MR) is 75.9 cm³/mol. The van der Waals surface area contributed by atoms with E-state index in [9.17, 15) is 4.79 Å². The Hall–Kier alpha value is -1.16. The summed E-state index contributed by atoms with van der Waals surface area (Å²) >= 11 is 1.62. The number of carbonyl (C=O) groups is 1. The molecule has 0 atom stereocenters. The lowest BCUT2D eigenvalue weighted by Gasteiger charge is -2.31. The van der Waals surface area contributed by atoms with Crippen molar-refractivity contribution in [2.75, 3.05) is 22.9 Å². The lowest BCUT2D eigenvalue weighted by Crippen LogP contribution is -2.38. The minimum absolute atomic E-state index is 0.227. The predicted octanol–water partition coefficient (Wildman–Crippen LogP) is 2.90. The summed E-state index contributed by atoms with van der Waals surface area (Å²) in [4.78, 5) is 15.3. The Morgan fingerprint density at radius 3 is 2.89 bits per heavy atom. The summed E-state index contributed by atoms with van der Waals surface area (Å²) in [6, 6.07) is 5.88. The van der Waals surface area contributed by atoms with Crippen LogP contribution in [0.1, 0.15) is 25.7 Å². The highest BCUT2D eigenvalue weighted by Gasteiger charge is 2.28. The number of benzene rings is 1. The molecule has 2 N–H and O–H groups in total. The van der Waals surface area contributed by atoms with Gasteiger partial charge in [0.2, 0.25) is 5.91 Å². The first-order chi connectivity index (χ1) is 8.74. The zero-order valence-electron chi connectivity index (χ0n) is 10.4. The van der Waals surface area contributed by atoms with Gasteiger partial charge in [-0.2, -0.15) is 0 Å². The Morgan fingerprint density at radius 1 is 1.33 bits per heavy atom. The lowest BCUT2D eigenvalue weighted by atomic mass is 10.1. The van der Waals surface area contributed by atoms with Gasteiger partial charge in [-0.1, -0.05) is 12.8 Å². The number of hydrogen-bond donors (Lipinski definition) is 1. The van der Waals surface area contributed by atoms with E-state index in [-0.39, 0.29) is 5.91 Å². The van der Waals surface area contributed by atoms with Crippen LogP contribution in [0.25, 0.3) is 0 Å². The van der Waals surface area contributed by atoms with Crippen LogP contribution in [0.5, 0.6) is 0 Å². The molecule has 1 saturated carbocycles. The van der Waals surface area contributed by atoms with Crippen molar-refractivity contribution in [2.45, 2.75) is 30.6 Å². The molecule has 1 aliphatic heterocycles. The van der Waals surface area contributed by atoms with E-state index in [0.29, 0.717) is 11.7 Å². The van der Waals surface area contributed by atoms with Crippen LogP contribution in [0, 0.1) is 5.92 Å². The van der Waals surface area contributed by atoms with Gasteiger partial charge < -0.3 is 10.6 Å². The van der Waals surface area contributed by atoms with Gasteiger partial charge in [0.05, 0.1) is 11.4 Å². The van der Waals surface area contributed by atoms with E-state index in [2.05, 4.69) is 0 Å². The van der Waals surface area contributed by atoms with Crippen molar-refractivity contribution in [3.63, 3.8) is 0 Å². The number of thioether (sulfide) groups is 1. The van der Waals surface area contributed by atoms with Gasteiger partial charge in [0.25, 0.3) is 0 Å². The Balaban J connectivity index is 1.88. The Bertz CT molecular complexity index is 469. The largest absolute Gasteiger partial charge is 0.399 e. The van der Waals surface area contributed by atoms with Gasteiger partial charge in [-0.3, -0.25) is 4.79 Å². The van der Waals surface area contributed by atoms with E-state index in [1.165, 1.54) is 30.6 Å². The fourth-order valence-corrected chi connectivity index (χ4v) is 3.79. The average Bonchev–Trinajstić information content (AvgIpc) is 2.86. The fourth-order valence-electron chi connectivity index (χ4n) is 2.87. The number of nitrogens with two attached hydrogens (primary N) is 1. The van der Waals surface area contributed by atoms with Crippen molar-refractivity contribution in [3.05, 3.63) is 18.2 Å². The zero-order chi connectivity index (χ0) is 12.5. The van der Waals surface area contributed by atoms with Crippen LogP contribution in [0.15, 0.2) is 23.1 Å². The quantitative estimate of drug-likeness (QED) is 0.834. The third kappa shape index (κ3) is 2.21. The van der Waals surface area contributed by atoms with Gasteiger partial charge in [-0.15, -0.1) is 11.8 Å². The molecule has 1 aliphatic carbocycles. The first-order valence-corrected chi connectivity index (χ1v) is 7.55. The zero-order valence-corrected chi connectivity index (χ0v) is 11.2. The van der Waals surface area contributed by atoms with Crippen LogP contribution in [0.2, 0.25) is 0 Å². The van der Waals surface area contributed by atoms with Crippen molar-refractivity contribution in [3.8, 4) is 0 Å². The van der Waals surface area contributed by atoms with E-state index in [1.54, 1.807) is 11.8 Å². The fraction of sp³-hybridized carbons (Fsp3) is 0.500. The van der Waals surface area contributed by atoms with Gasteiger partial charge in [0, 0.05) is 17.1 Å². The molecule has 1 aromatic rings. The van der Waals surface area contributed by atoms with Crippen LogP contribution < -0.4 is 10.6 Å². The van der Waals surface area contributed by atoms with E-state index in [0.717, 1.165) is 17.9 Å². The molecule has 0 saturated heterocycles. The second-order valence-electron chi connectivity index (χ2n) is 5.17. The molecule has 3 rings (SSSR count).